The minimum absolute atomic E-state index is 0.112. The lowest BCUT2D eigenvalue weighted by Crippen LogP contribution is -2.44. The van der Waals surface area contributed by atoms with Crippen LogP contribution in [0.1, 0.15) is 23.0 Å². The van der Waals surface area contributed by atoms with E-state index in [1.807, 2.05) is 0 Å². The summed E-state index contributed by atoms with van der Waals surface area (Å²) in [5.41, 5.74) is 0.537. The Bertz CT molecular complexity index is 935. The summed E-state index contributed by atoms with van der Waals surface area (Å²) in [7, 11) is 0. The van der Waals surface area contributed by atoms with Crippen LogP contribution in [0.25, 0.3) is 6.08 Å². The summed E-state index contributed by atoms with van der Waals surface area (Å²) >= 11 is 6.35. The lowest BCUT2D eigenvalue weighted by Gasteiger charge is -2.22. The van der Waals surface area contributed by atoms with Gasteiger partial charge in [0.05, 0.1) is 16.7 Å². The first-order chi connectivity index (χ1) is 12.9. The number of benzene rings is 1. The number of anilines is 1. The van der Waals surface area contributed by atoms with E-state index in [4.69, 9.17) is 21.7 Å². The van der Waals surface area contributed by atoms with Crippen LogP contribution in [0.2, 0.25) is 0 Å². The molecule has 2 N–H and O–H groups in total. The molecule has 1 unspecified atom stereocenters. The number of carbonyl (C=O) groups is 3. The molecular formula is C18H14N2O5S2. The number of hydrogen-bond donors (Lipinski definition) is 2. The molecule has 1 aromatic carbocycles. The van der Waals surface area contributed by atoms with Gasteiger partial charge in [0.2, 0.25) is 5.91 Å². The van der Waals surface area contributed by atoms with Crippen LogP contribution in [-0.2, 0) is 9.59 Å². The summed E-state index contributed by atoms with van der Waals surface area (Å²) in [5.74, 6) is -1.34. The number of aromatic carboxylic acids is 1. The fraction of sp³-hybridized carbons (Fsp3) is 0.111. The fourth-order valence-corrected chi connectivity index (χ4v) is 3.78. The molecule has 1 aliphatic heterocycles. The molecule has 0 bridgehead atoms. The third-order valence-electron chi connectivity index (χ3n) is 3.81. The Labute approximate surface area is 164 Å². The van der Waals surface area contributed by atoms with Crippen LogP contribution in [0.4, 0.5) is 5.69 Å². The monoisotopic (exact) mass is 402 g/mol. The quantitative estimate of drug-likeness (QED) is 0.585. The Kier molecular flexibility index (Phi) is 5.43. The minimum atomic E-state index is -1.05. The molecule has 2 aromatic rings. The second-order valence-corrected chi connectivity index (χ2v) is 7.29. The second kappa shape index (κ2) is 7.77. The van der Waals surface area contributed by atoms with Gasteiger partial charge in [-0.2, -0.15) is 0 Å². The first-order valence-corrected chi connectivity index (χ1v) is 9.04. The molecule has 0 saturated carbocycles. The van der Waals surface area contributed by atoms with Crippen molar-refractivity contribution in [3.63, 3.8) is 0 Å². The molecule has 27 heavy (non-hydrogen) atoms. The van der Waals surface area contributed by atoms with Crippen molar-refractivity contribution in [1.29, 1.82) is 0 Å². The van der Waals surface area contributed by atoms with Gasteiger partial charge < -0.3 is 14.8 Å². The van der Waals surface area contributed by atoms with Crippen molar-refractivity contribution in [1.82, 2.24) is 4.90 Å². The number of carboxylic acids is 1. The van der Waals surface area contributed by atoms with Crippen LogP contribution in [0.5, 0.6) is 0 Å². The summed E-state index contributed by atoms with van der Waals surface area (Å²) < 4.78 is 5.48. The van der Waals surface area contributed by atoms with E-state index in [-0.39, 0.29) is 15.8 Å². The van der Waals surface area contributed by atoms with Crippen LogP contribution in [0, 0.1) is 0 Å². The largest absolute Gasteiger partial charge is 0.478 e. The van der Waals surface area contributed by atoms with Gasteiger partial charge in [-0.3, -0.25) is 14.5 Å². The maximum Gasteiger partial charge on any atom is 0.335 e. The summed E-state index contributed by atoms with van der Waals surface area (Å²) in [6.45, 7) is 1.57. The molecule has 1 atom stereocenters. The van der Waals surface area contributed by atoms with Crippen molar-refractivity contribution in [2.75, 3.05) is 5.32 Å². The molecule has 2 heterocycles. The molecule has 0 radical (unpaired) electrons. The second-order valence-electron chi connectivity index (χ2n) is 5.61. The van der Waals surface area contributed by atoms with Gasteiger partial charge in [-0.25, -0.2) is 4.79 Å². The van der Waals surface area contributed by atoms with Crippen molar-refractivity contribution in [3.05, 3.63) is 58.9 Å². The third kappa shape index (κ3) is 4.09. The number of amides is 2. The molecule has 7 nitrogen and oxygen atoms in total. The van der Waals surface area contributed by atoms with Crippen LogP contribution in [-0.4, -0.2) is 38.2 Å². The fourth-order valence-electron chi connectivity index (χ4n) is 2.38. The number of furan rings is 1. The molecule has 138 valence electrons. The molecule has 3 rings (SSSR count). The SMILES string of the molecule is CC(C(=O)Nc1ccc(C(=O)O)cc1)N1C(=O)/C(=C/c2ccco2)SC1=S. The van der Waals surface area contributed by atoms with Gasteiger partial charge in [0.25, 0.3) is 5.91 Å². The van der Waals surface area contributed by atoms with E-state index in [0.717, 1.165) is 11.8 Å². The van der Waals surface area contributed by atoms with E-state index in [1.54, 1.807) is 25.1 Å². The molecule has 0 aliphatic carbocycles. The number of carboxylic acid groups (broad SMARTS) is 1. The van der Waals surface area contributed by atoms with Crippen LogP contribution in [0.3, 0.4) is 0 Å². The normalized spacial score (nSPS) is 16.6. The molecule has 1 saturated heterocycles. The zero-order valence-electron chi connectivity index (χ0n) is 14.0. The average molecular weight is 402 g/mol. The first-order valence-electron chi connectivity index (χ1n) is 7.81. The van der Waals surface area contributed by atoms with Gasteiger partial charge in [-0.1, -0.05) is 24.0 Å². The Morgan fingerprint density at radius 1 is 1.30 bits per heavy atom. The topological polar surface area (TPSA) is 99.9 Å². The Morgan fingerprint density at radius 3 is 2.59 bits per heavy atom. The van der Waals surface area contributed by atoms with E-state index >= 15 is 0 Å². The lowest BCUT2D eigenvalue weighted by atomic mass is 10.2. The van der Waals surface area contributed by atoms with Gasteiger partial charge >= 0.3 is 5.97 Å². The highest BCUT2D eigenvalue weighted by atomic mass is 32.2. The molecule has 9 heteroatoms. The highest BCUT2D eigenvalue weighted by Gasteiger charge is 2.38. The van der Waals surface area contributed by atoms with E-state index in [1.165, 1.54) is 35.4 Å². The zero-order valence-corrected chi connectivity index (χ0v) is 15.7. The lowest BCUT2D eigenvalue weighted by molar-refractivity contribution is -0.129. The minimum Gasteiger partial charge on any atom is -0.478 e. The van der Waals surface area contributed by atoms with Crippen molar-refractivity contribution in [2.24, 2.45) is 0 Å². The first kappa shape index (κ1) is 18.9. The van der Waals surface area contributed by atoms with Crippen LogP contribution in [0.15, 0.2) is 52.0 Å². The summed E-state index contributed by atoms with van der Waals surface area (Å²) in [6.07, 6.45) is 3.08. The standard InChI is InChI=1S/C18H14N2O5S2/c1-10(15(21)19-12-6-4-11(5-7-12)17(23)24)20-16(22)14(27-18(20)26)9-13-3-2-8-25-13/h2-10H,1H3,(H,19,21)(H,23,24)/b14-9-. The Morgan fingerprint density at radius 2 is 2.00 bits per heavy atom. The van der Waals surface area contributed by atoms with E-state index in [2.05, 4.69) is 5.32 Å². The summed E-state index contributed by atoms with van der Waals surface area (Å²) in [6, 6.07) is 8.31. The average Bonchev–Trinajstić information content (AvgIpc) is 3.23. The number of nitrogens with one attached hydrogen (secondary N) is 1. The number of hydrogen-bond acceptors (Lipinski definition) is 6. The van der Waals surface area contributed by atoms with Gasteiger partial charge in [0.1, 0.15) is 16.1 Å². The van der Waals surface area contributed by atoms with E-state index < -0.39 is 17.9 Å². The zero-order chi connectivity index (χ0) is 19.6. The smallest absolute Gasteiger partial charge is 0.335 e. The number of rotatable bonds is 5. The maximum atomic E-state index is 12.6. The Balaban J connectivity index is 1.71. The van der Waals surface area contributed by atoms with Crippen molar-refractivity contribution < 1.29 is 23.9 Å². The van der Waals surface area contributed by atoms with Gasteiger partial charge in [0, 0.05) is 11.8 Å². The van der Waals surface area contributed by atoms with Gasteiger partial charge in [-0.05, 0) is 43.3 Å². The maximum absolute atomic E-state index is 12.6. The van der Waals surface area contributed by atoms with Crippen LogP contribution >= 0.6 is 24.0 Å². The predicted octanol–water partition coefficient (Wildman–Crippen LogP) is 3.21. The summed E-state index contributed by atoms with van der Waals surface area (Å²) in [5, 5.41) is 11.6. The number of thioether (sulfide) groups is 1. The number of carbonyl (C=O) groups excluding carboxylic acids is 2. The highest BCUT2D eigenvalue weighted by molar-refractivity contribution is 8.26. The van der Waals surface area contributed by atoms with Crippen LogP contribution < -0.4 is 5.32 Å². The van der Waals surface area contributed by atoms with Crippen molar-refractivity contribution in [2.45, 2.75) is 13.0 Å². The molecule has 2 amide bonds. The summed E-state index contributed by atoms with van der Waals surface area (Å²) in [4.78, 5) is 37.6. The molecular weight excluding hydrogens is 388 g/mol. The highest BCUT2D eigenvalue weighted by Crippen LogP contribution is 2.34. The Hall–Kier alpha value is -2.91. The molecule has 1 fully saturated rings. The number of nitrogens with zero attached hydrogens (tertiary/aromatic N) is 1. The van der Waals surface area contributed by atoms with Crippen molar-refractivity contribution in [3.8, 4) is 0 Å². The number of thiocarbonyl (C=S) groups is 1. The third-order valence-corrected chi connectivity index (χ3v) is 5.14. The molecule has 1 aromatic heterocycles. The van der Waals surface area contributed by atoms with Gasteiger partial charge in [-0.15, -0.1) is 0 Å². The molecule has 0 spiro atoms. The molecule has 1 aliphatic rings. The van der Waals surface area contributed by atoms with E-state index in [9.17, 15) is 14.4 Å². The predicted molar refractivity (Wildman–Crippen MR) is 105 cm³/mol. The van der Waals surface area contributed by atoms with E-state index in [0.29, 0.717) is 16.4 Å². The van der Waals surface area contributed by atoms with Gasteiger partial charge in [0.15, 0.2) is 0 Å². The van der Waals surface area contributed by atoms with Crippen molar-refractivity contribution >= 4 is 57.8 Å².